The first kappa shape index (κ1) is 11.3. The van der Waals surface area contributed by atoms with Crippen LogP contribution >= 0.6 is 0 Å². The summed E-state index contributed by atoms with van der Waals surface area (Å²) in [4.78, 5) is 11.4. The van der Waals surface area contributed by atoms with Crippen LogP contribution in [0.2, 0.25) is 0 Å². The molecule has 1 heterocycles. The summed E-state index contributed by atoms with van der Waals surface area (Å²) in [5.41, 5.74) is -0.579. The Kier molecular flexibility index (Phi) is 2.67. The van der Waals surface area contributed by atoms with Crippen LogP contribution in [-0.2, 0) is 7.05 Å². The summed E-state index contributed by atoms with van der Waals surface area (Å²) in [7, 11) is 1.42. The lowest BCUT2D eigenvalue weighted by Gasteiger charge is -2.10. The third kappa shape index (κ3) is 1.91. The van der Waals surface area contributed by atoms with Gasteiger partial charge < -0.3 is 9.67 Å². The predicted octanol–water partition coefficient (Wildman–Crippen LogP) is 2.04. The molecule has 0 bridgehead atoms. The van der Waals surface area contributed by atoms with E-state index in [1.807, 2.05) is 0 Å². The maximum atomic E-state index is 13.6. The summed E-state index contributed by atoms with van der Waals surface area (Å²) in [6, 6.07) is 5.74. The van der Waals surface area contributed by atoms with Crippen LogP contribution in [0.5, 0.6) is 5.75 Å². The average molecular weight is 237 g/mol. The maximum Gasteiger partial charge on any atom is 0.250 e. The monoisotopic (exact) mass is 237 g/mol. The second kappa shape index (κ2) is 4.01. The molecule has 2 aromatic rings. The molecular formula is C12H9F2NO2. The predicted molar refractivity (Wildman–Crippen MR) is 58.7 cm³/mol. The van der Waals surface area contributed by atoms with Gasteiger partial charge >= 0.3 is 0 Å². The second-order valence-electron chi connectivity index (χ2n) is 3.59. The largest absolute Gasteiger partial charge is 0.508 e. The van der Waals surface area contributed by atoms with Gasteiger partial charge in [-0.1, -0.05) is 6.07 Å². The standard InChI is InChI=1S/C12H9F2NO2/c1-15-10(3-2-4-11(15)17)12-8(13)5-7(16)6-9(12)14/h2-6,16H,1H3. The summed E-state index contributed by atoms with van der Waals surface area (Å²) >= 11 is 0. The number of hydrogen-bond donors (Lipinski definition) is 1. The van der Waals surface area contributed by atoms with E-state index in [9.17, 15) is 13.6 Å². The first-order valence-corrected chi connectivity index (χ1v) is 4.85. The van der Waals surface area contributed by atoms with Crippen LogP contribution in [0.4, 0.5) is 8.78 Å². The minimum absolute atomic E-state index is 0.118. The Morgan fingerprint density at radius 2 is 1.76 bits per heavy atom. The van der Waals surface area contributed by atoms with Gasteiger partial charge in [0.15, 0.2) is 0 Å². The van der Waals surface area contributed by atoms with Crippen LogP contribution in [0, 0.1) is 11.6 Å². The van der Waals surface area contributed by atoms with Crippen LogP contribution in [-0.4, -0.2) is 9.67 Å². The zero-order chi connectivity index (χ0) is 12.6. The SMILES string of the molecule is Cn1c(-c2c(F)cc(O)cc2F)cccc1=O. The van der Waals surface area contributed by atoms with E-state index in [1.165, 1.54) is 25.2 Å². The molecule has 0 unspecified atom stereocenters. The number of pyridine rings is 1. The normalized spacial score (nSPS) is 10.5. The van der Waals surface area contributed by atoms with Crippen molar-refractivity contribution in [1.29, 1.82) is 0 Å². The summed E-state index contributed by atoms with van der Waals surface area (Å²) < 4.78 is 28.3. The van der Waals surface area contributed by atoms with Crippen LogP contribution in [0.15, 0.2) is 35.1 Å². The van der Waals surface area contributed by atoms with Crippen molar-refractivity contribution in [2.45, 2.75) is 0 Å². The Labute approximate surface area is 95.6 Å². The Morgan fingerprint density at radius 1 is 1.18 bits per heavy atom. The quantitative estimate of drug-likeness (QED) is 0.824. The third-order valence-corrected chi connectivity index (χ3v) is 2.47. The molecule has 0 spiro atoms. The molecule has 0 saturated carbocycles. The van der Waals surface area contributed by atoms with Crippen molar-refractivity contribution >= 4 is 0 Å². The molecule has 0 amide bonds. The van der Waals surface area contributed by atoms with Crippen LogP contribution in [0.1, 0.15) is 0 Å². The van der Waals surface area contributed by atoms with E-state index < -0.39 is 17.4 Å². The van der Waals surface area contributed by atoms with Gasteiger partial charge in [0.05, 0.1) is 11.3 Å². The Balaban J connectivity index is 2.77. The number of halogens is 2. The minimum Gasteiger partial charge on any atom is -0.508 e. The second-order valence-corrected chi connectivity index (χ2v) is 3.59. The van der Waals surface area contributed by atoms with E-state index in [0.717, 1.165) is 16.7 Å². The van der Waals surface area contributed by atoms with Gasteiger partial charge in [0, 0.05) is 25.2 Å². The van der Waals surface area contributed by atoms with E-state index in [1.54, 1.807) is 0 Å². The molecule has 88 valence electrons. The highest BCUT2D eigenvalue weighted by molar-refractivity contribution is 5.62. The van der Waals surface area contributed by atoms with Gasteiger partial charge in [-0.2, -0.15) is 0 Å². The fourth-order valence-electron chi connectivity index (χ4n) is 1.62. The highest BCUT2D eigenvalue weighted by Crippen LogP contribution is 2.28. The number of rotatable bonds is 1. The van der Waals surface area contributed by atoms with Gasteiger partial charge in [0.2, 0.25) is 0 Å². The third-order valence-electron chi connectivity index (χ3n) is 2.47. The van der Waals surface area contributed by atoms with Crippen molar-refractivity contribution < 1.29 is 13.9 Å². The van der Waals surface area contributed by atoms with E-state index >= 15 is 0 Å². The van der Waals surface area contributed by atoms with Crippen molar-refractivity contribution in [3.05, 3.63) is 52.3 Å². The van der Waals surface area contributed by atoms with Gasteiger partial charge in [-0.15, -0.1) is 0 Å². The van der Waals surface area contributed by atoms with Crippen molar-refractivity contribution in [2.75, 3.05) is 0 Å². The fourth-order valence-corrected chi connectivity index (χ4v) is 1.62. The van der Waals surface area contributed by atoms with E-state index in [0.29, 0.717) is 0 Å². The summed E-state index contributed by atoms with van der Waals surface area (Å²) in [5, 5.41) is 9.04. The lowest BCUT2D eigenvalue weighted by molar-refractivity contribution is 0.461. The molecule has 0 saturated heterocycles. The van der Waals surface area contributed by atoms with Crippen molar-refractivity contribution in [3.63, 3.8) is 0 Å². The minimum atomic E-state index is -0.913. The number of phenols is 1. The van der Waals surface area contributed by atoms with Gasteiger partial charge in [-0.05, 0) is 6.07 Å². The molecule has 17 heavy (non-hydrogen) atoms. The molecule has 0 aliphatic rings. The van der Waals surface area contributed by atoms with Crippen LogP contribution in [0.25, 0.3) is 11.3 Å². The molecule has 5 heteroatoms. The fraction of sp³-hybridized carbons (Fsp3) is 0.0833. The first-order chi connectivity index (χ1) is 8.00. The molecule has 0 radical (unpaired) electrons. The number of benzene rings is 1. The molecule has 2 rings (SSSR count). The Hall–Kier alpha value is -2.17. The van der Waals surface area contributed by atoms with Gasteiger partial charge in [-0.25, -0.2) is 8.78 Å². The molecule has 0 fully saturated rings. The number of nitrogens with zero attached hydrogens (tertiary/aromatic N) is 1. The van der Waals surface area contributed by atoms with E-state index in [-0.39, 0.29) is 16.8 Å². The number of aromatic hydroxyl groups is 1. The number of phenolic OH excluding ortho intramolecular Hbond substituents is 1. The highest BCUT2D eigenvalue weighted by Gasteiger charge is 2.15. The van der Waals surface area contributed by atoms with Crippen molar-refractivity contribution in [1.82, 2.24) is 4.57 Å². The molecular weight excluding hydrogens is 228 g/mol. The molecule has 0 aliphatic carbocycles. The summed E-state index contributed by atoms with van der Waals surface area (Å²) in [6.07, 6.45) is 0. The lowest BCUT2D eigenvalue weighted by atomic mass is 10.1. The molecule has 1 aromatic carbocycles. The van der Waals surface area contributed by atoms with Gasteiger partial charge in [-0.3, -0.25) is 4.79 Å². The lowest BCUT2D eigenvalue weighted by Crippen LogP contribution is -2.17. The summed E-state index contributed by atoms with van der Waals surface area (Å²) in [5.74, 6) is -2.32. The number of aromatic nitrogens is 1. The van der Waals surface area contributed by atoms with Gasteiger partial charge in [0.1, 0.15) is 17.4 Å². The highest BCUT2D eigenvalue weighted by atomic mass is 19.1. The van der Waals surface area contributed by atoms with E-state index in [4.69, 9.17) is 5.11 Å². The average Bonchev–Trinajstić information content (AvgIpc) is 2.23. The van der Waals surface area contributed by atoms with Crippen molar-refractivity contribution in [3.8, 4) is 17.0 Å². The van der Waals surface area contributed by atoms with E-state index in [2.05, 4.69) is 0 Å². The smallest absolute Gasteiger partial charge is 0.250 e. The van der Waals surface area contributed by atoms with Gasteiger partial charge in [0.25, 0.3) is 5.56 Å². The molecule has 3 nitrogen and oxygen atoms in total. The van der Waals surface area contributed by atoms with Crippen LogP contribution in [0.3, 0.4) is 0 Å². The Morgan fingerprint density at radius 3 is 2.35 bits per heavy atom. The summed E-state index contributed by atoms with van der Waals surface area (Å²) in [6.45, 7) is 0. The molecule has 0 aliphatic heterocycles. The number of hydrogen-bond acceptors (Lipinski definition) is 2. The topological polar surface area (TPSA) is 42.2 Å². The van der Waals surface area contributed by atoms with Crippen LogP contribution < -0.4 is 5.56 Å². The molecule has 1 N–H and O–H groups in total. The molecule has 1 aromatic heterocycles. The first-order valence-electron chi connectivity index (χ1n) is 4.85. The maximum absolute atomic E-state index is 13.6. The zero-order valence-electron chi connectivity index (χ0n) is 8.95. The zero-order valence-corrected chi connectivity index (χ0v) is 8.95. The Bertz CT molecular complexity index is 612. The molecule has 0 atom stereocenters. The van der Waals surface area contributed by atoms with Crippen molar-refractivity contribution in [2.24, 2.45) is 7.05 Å².